The summed E-state index contributed by atoms with van der Waals surface area (Å²) in [4.78, 5) is 17.4. The Balaban J connectivity index is 1.26. The molecule has 0 spiro atoms. The van der Waals surface area contributed by atoms with E-state index in [1.165, 1.54) is 21.9 Å². The number of hydrogen-bond acceptors (Lipinski definition) is 4. The van der Waals surface area contributed by atoms with Gasteiger partial charge < -0.3 is 5.32 Å². The van der Waals surface area contributed by atoms with Gasteiger partial charge in [-0.1, -0.05) is 72.8 Å². The first kappa shape index (κ1) is 19.2. The van der Waals surface area contributed by atoms with Gasteiger partial charge in [-0.15, -0.1) is 0 Å². The maximum atomic E-state index is 12.6. The number of fused-ring (bicyclic) bond motifs is 1. The van der Waals surface area contributed by atoms with E-state index in [4.69, 9.17) is 0 Å². The van der Waals surface area contributed by atoms with Crippen LogP contribution >= 0.6 is 0 Å². The van der Waals surface area contributed by atoms with Gasteiger partial charge >= 0.3 is 0 Å². The maximum absolute atomic E-state index is 12.6. The number of benzene rings is 3. The van der Waals surface area contributed by atoms with Gasteiger partial charge in [0.2, 0.25) is 5.91 Å². The zero-order valence-electron chi connectivity index (χ0n) is 17.1. The van der Waals surface area contributed by atoms with Crippen molar-refractivity contribution in [3.63, 3.8) is 0 Å². The Bertz CT molecular complexity index is 1010. The lowest BCUT2D eigenvalue weighted by Crippen LogP contribution is -2.64. The highest BCUT2D eigenvalue weighted by molar-refractivity contribution is 5.87. The van der Waals surface area contributed by atoms with Crippen LogP contribution in [0.4, 0.5) is 0 Å². The summed E-state index contributed by atoms with van der Waals surface area (Å²) in [7, 11) is 0. The van der Waals surface area contributed by atoms with Gasteiger partial charge in [0, 0.05) is 45.2 Å². The molecule has 2 unspecified atom stereocenters. The first-order valence-corrected chi connectivity index (χ1v) is 10.8. The van der Waals surface area contributed by atoms with E-state index in [0.29, 0.717) is 6.42 Å². The molecule has 5 heteroatoms. The third kappa shape index (κ3) is 4.10. The van der Waals surface area contributed by atoms with Crippen LogP contribution in [0.3, 0.4) is 0 Å². The minimum atomic E-state index is -0.117. The van der Waals surface area contributed by atoms with E-state index in [1.807, 2.05) is 0 Å². The van der Waals surface area contributed by atoms with Crippen molar-refractivity contribution in [3.8, 4) is 0 Å². The molecule has 0 aliphatic carbocycles. The van der Waals surface area contributed by atoms with Crippen LogP contribution in [0.15, 0.2) is 72.8 Å². The second-order valence-corrected chi connectivity index (χ2v) is 8.26. The van der Waals surface area contributed by atoms with Crippen molar-refractivity contribution in [2.24, 2.45) is 0 Å². The van der Waals surface area contributed by atoms with Gasteiger partial charge in [0.1, 0.15) is 6.29 Å². The van der Waals surface area contributed by atoms with Gasteiger partial charge in [-0.25, -0.2) is 0 Å². The summed E-state index contributed by atoms with van der Waals surface area (Å²) < 4.78 is 0. The van der Waals surface area contributed by atoms with Gasteiger partial charge in [-0.05, 0) is 21.9 Å². The lowest BCUT2D eigenvalue weighted by Gasteiger charge is -2.43. The number of nitrogens with one attached hydrogen (secondary N) is 2. The molecule has 0 bridgehead atoms. The summed E-state index contributed by atoms with van der Waals surface area (Å²) in [6.07, 6.45) is 0.354. The summed E-state index contributed by atoms with van der Waals surface area (Å²) >= 11 is 0. The maximum Gasteiger partial charge on any atom is 0.224 e. The minimum absolute atomic E-state index is 0.0252. The molecule has 3 aromatic rings. The highest BCUT2D eigenvalue weighted by atomic mass is 16.2. The van der Waals surface area contributed by atoms with Crippen molar-refractivity contribution in [3.05, 3.63) is 83.9 Å². The molecule has 2 atom stereocenters. The summed E-state index contributed by atoms with van der Waals surface area (Å²) in [5.74, 6) is 0.114. The second-order valence-electron chi connectivity index (χ2n) is 8.26. The third-order valence-electron chi connectivity index (χ3n) is 6.27. The summed E-state index contributed by atoms with van der Waals surface area (Å²) in [5.41, 5.74) is 2.56. The fraction of sp³-hybridized carbons (Fsp3) is 0.320. The van der Waals surface area contributed by atoms with Crippen LogP contribution in [0, 0.1) is 0 Å². The molecule has 0 saturated carbocycles. The zero-order valence-corrected chi connectivity index (χ0v) is 17.1. The summed E-state index contributed by atoms with van der Waals surface area (Å²) in [5, 5.41) is 9.30. The Morgan fingerprint density at radius 1 is 0.833 bits per heavy atom. The predicted octanol–water partition coefficient (Wildman–Crippen LogP) is 3.09. The average Bonchev–Trinajstić information content (AvgIpc) is 2.79. The molecule has 3 aromatic carbocycles. The molecule has 2 fully saturated rings. The van der Waals surface area contributed by atoms with Crippen LogP contribution in [-0.4, -0.2) is 48.2 Å². The molecule has 0 aromatic heterocycles. The molecule has 154 valence electrons. The Morgan fingerprint density at radius 3 is 2.40 bits per heavy atom. The van der Waals surface area contributed by atoms with Crippen LogP contribution in [0.5, 0.6) is 0 Å². The first-order chi connectivity index (χ1) is 14.8. The molecular weight excluding hydrogens is 372 g/mol. The van der Waals surface area contributed by atoms with Gasteiger partial charge in [0.05, 0.1) is 0 Å². The average molecular weight is 401 g/mol. The van der Waals surface area contributed by atoms with Crippen LogP contribution in [-0.2, 0) is 11.3 Å². The quantitative estimate of drug-likeness (QED) is 0.707. The predicted molar refractivity (Wildman–Crippen MR) is 120 cm³/mol. The fourth-order valence-electron chi connectivity index (χ4n) is 4.66. The van der Waals surface area contributed by atoms with E-state index < -0.39 is 0 Å². The van der Waals surface area contributed by atoms with Gasteiger partial charge in [-0.2, -0.15) is 0 Å². The lowest BCUT2D eigenvalue weighted by atomic mass is 9.95. The Labute approximate surface area is 177 Å². The number of amides is 1. The molecule has 2 aliphatic heterocycles. The summed E-state index contributed by atoms with van der Waals surface area (Å²) in [6.45, 7) is 4.86. The van der Waals surface area contributed by atoms with Crippen molar-refractivity contribution in [1.29, 1.82) is 0 Å². The zero-order chi connectivity index (χ0) is 20.3. The highest BCUT2D eigenvalue weighted by Crippen LogP contribution is 2.28. The lowest BCUT2D eigenvalue weighted by molar-refractivity contribution is -0.127. The normalized spacial score (nSPS) is 23.4. The standard InChI is InChI=1S/C25H28N4O/c30-24-17-23(22-12-6-10-20-9-4-5-11-21(20)22)26-25(27-24)29-15-13-28(14-16-29)18-19-7-2-1-3-8-19/h1-12,23,25-26H,13-18H2,(H,27,30). The second kappa shape index (κ2) is 8.56. The number of nitrogens with zero attached hydrogens (tertiary/aromatic N) is 2. The summed E-state index contributed by atoms with van der Waals surface area (Å²) in [6, 6.07) is 25.4. The Hall–Kier alpha value is -2.73. The molecule has 5 rings (SSSR count). The fourth-order valence-corrected chi connectivity index (χ4v) is 4.66. The number of hydrogen-bond donors (Lipinski definition) is 2. The van der Waals surface area contributed by atoms with Gasteiger partial charge in [0.25, 0.3) is 0 Å². The van der Waals surface area contributed by atoms with Crippen molar-refractivity contribution in [1.82, 2.24) is 20.4 Å². The van der Waals surface area contributed by atoms with Crippen LogP contribution in [0.25, 0.3) is 10.8 Å². The molecule has 2 aliphatic rings. The van der Waals surface area contributed by atoms with E-state index in [1.54, 1.807) is 0 Å². The highest BCUT2D eigenvalue weighted by Gasteiger charge is 2.32. The monoisotopic (exact) mass is 400 g/mol. The molecule has 2 heterocycles. The Kier molecular flexibility index (Phi) is 5.49. The minimum Gasteiger partial charge on any atom is -0.328 e. The van der Waals surface area contributed by atoms with Crippen molar-refractivity contribution in [2.45, 2.75) is 25.3 Å². The first-order valence-electron chi connectivity index (χ1n) is 10.8. The Morgan fingerprint density at radius 2 is 1.57 bits per heavy atom. The molecule has 30 heavy (non-hydrogen) atoms. The van der Waals surface area contributed by atoms with Gasteiger partial charge in [-0.3, -0.25) is 19.9 Å². The van der Waals surface area contributed by atoms with Crippen molar-refractivity contribution in [2.75, 3.05) is 26.2 Å². The topological polar surface area (TPSA) is 47.6 Å². The number of carbonyl (C=O) groups excluding carboxylic acids is 1. The largest absolute Gasteiger partial charge is 0.328 e. The van der Waals surface area contributed by atoms with Gasteiger partial charge in [0.15, 0.2) is 0 Å². The molecule has 5 nitrogen and oxygen atoms in total. The number of carbonyl (C=O) groups is 1. The van der Waals surface area contributed by atoms with E-state index >= 15 is 0 Å². The van der Waals surface area contributed by atoms with Crippen molar-refractivity contribution < 1.29 is 4.79 Å². The van der Waals surface area contributed by atoms with E-state index in [2.05, 4.69) is 93.2 Å². The molecule has 2 saturated heterocycles. The van der Waals surface area contributed by atoms with E-state index in [-0.39, 0.29) is 18.2 Å². The number of rotatable bonds is 4. The SMILES string of the molecule is O=C1CC(c2cccc3ccccc23)NC(N2CCN(Cc3ccccc3)CC2)N1. The molecular formula is C25H28N4O. The van der Waals surface area contributed by atoms with Crippen LogP contribution < -0.4 is 10.6 Å². The third-order valence-corrected chi connectivity index (χ3v) is 6.27. The number of piperazine rings is 1. The smallest absolute Gasteiger partial charge is 0.224 e. The van der Waals surface area contributed by atoms with Crippen LogP contribution in [0.1, 0.15) is 23.6 Å². The van der Waals surface area contributed by atoms with E-state index in [0.717, 1.165) is 32.7 Å². The molecule has 0 radical (unpaired) electrons. The van der Waals surface area contributed by atoms with E-state index in [9.17, 15) is 4.79 Å². The molecule has 1 amide bonds. The molecule has 2 N–H and O–H groups in total. The van der Waals surface area contributed by atoms with Crippen molar-refractivity contribution >= 4 is 16.7 Å². The van der Waals surface area contributed by atoms with Crippen LogP contribution in [0.2, 0.25) is 0 Å².